The Morgan fingerprint density at radius 1 is 1.14 bits per heavy atom. The van der Waals surface area contributed by atoms with Crippen molar-refractivity contribution < 1.29 is 9.21 Å². The van der Waals surface area contributed by atoms with E-state index in [1.807, 2.05) is 48.5 Å². The number of nitrogens with zero attached hydrogens (tertiary/aromatic N) is 2. The molecule has 0 aliphatic carbocycles. The predicted molar refractivity (Wildman–Crippen MR) is 116 cm³/mol. The highest BCUT2D eigenvalue weighted by molar-refractivity contribution is 7.99. The van der Waals surface area contributed by atoms with Gasteiger partial charge in [-0.05, 0) is 42.0 Å². The average Bonchev–Trinajstić information content (AvgIpc) is 3.39. The van der Waals surface area contributed by atoms with E-state index in [9.17, 15) is 4.79 Å². The Hall–Kier alpha value is -3.08. The first-order valence-electron chi connectivity index (χ1n) is 8.99. The number of amides is 1. The molecule has 1 N–H and O–H groups in total. The van der Waals surface area contributed by atoms with E-state index in [-0.39, 0.29) is 5.91 Å². The second-order valence-electron chi connectivity index (χ2n) is 6.33. The number of hydrogen-bond acceptors (Lipinski definition) is 6. The molecule has 0 fully saturated rings. The summed E-state index contributed by atoms with van der Waals surface area (Å²) in [5.74, 6) is 2.46. The molecule has 2 heterocycles. The lowest BCUT2D eigenvalue weighted by atomic mass is 10.2. The van der Waals surface area contributed by atoms with Crippen molar-refractivity contribution in [1.29, 1.82) is 5.26 Å². The van der Waals surface area contributed by atoms with Crippen molar-refractivity contribution in [3.05, 3.63) is 77.6 Å². The van der Waals surface area contributed by atoms with Crippen molar-refractivity contribution >= 4 is 39.2 Å². The van der Waals surface area contributed by atoms with Crippen LogP contribution in [-0.2, 0) is 17.1 Å². The molecule has 7 heteroatoms. The molecular formula is C22H17N3O2S2. The molecule has 0 saturated carbocycles. The number of rotatable bonds is 7. The number of nitrogens with one attached hydrogen (secondary N) is 1. The van der Waals surface area contributed by atoms with Gasteiger partial charge < -0.3 is 9.73 Å². The number of carbonyl (C=O) groups is 1. The van der Waals surface area contributed by atoms with Crippen LogP contribution in [0.1, 0.15) is 16.9 Å². The number of aromatic nitrogens is 1. The van der Waals surface area contributed by atoms with Crippen LogP contribution in [0.3, 0.4) is 0 Å². The van der Waals surface area contributed by atoms with Gasteiger partial charge in [-0.3, -0.25) is 4.79 Å². The van der Waals surface area contributed by atoms with Gasteiger partial charge in [0.05, 0.1) is 34.1 Å². The molecule has 0 atom stereocenters. The number of para-hydroxylation sites is 1. The molecule has 0 radical (unpaired) electrons. The highest BCUT2D eigenvalue weighted by atomic mass is 32.2. The van der Waals surface area contributed by atoms with Crippen LogP contribution in [0.15, 0.2) is 65.1 Å². The Balaban J connectivity index is 1.26. The third-order valence-corrected chi connectivity index (χ3v) is 6.27. The number of nitriles is 1. The van der Waals surface area contributed by atoms with Gasteiger partial charge in [0.2, 0.25) is 5.91 Å². The molecule has 0 spiro atoms. The van der Waals surface area contributed by atoms with Crippen LogP contribution >= 0.6 is 23.1 Å². The minimum atomic E-state index is -0.0402. The summed E-state index contributed by atoms with van der Waals surface area (Å²) in [5, 5.41) is 12.5. The van der Waals surface area contributed by atoms with E-state index in [0.29, 0.717) is 29.4 Å². The van der Waals surface area contributed by atoms with E-state index in [2.05, 4.69) is 16.4 Å². The van der Waals surface area contributed by atoms with Gasteiger partial charge in [0.1, 0.15) is 5.76 Å². The van der Waals surface area contributed by atoms with Gasteiger partial charge in [-0.1, -0.05) is 24.3 Å². The maximum absolute atomic E-state index is 12.1. The van der Waals surface area contributed by atoms with Gasteiger partial charge in [0, 0.05) is 5.75 Å². The van der Waals surface area contributed by atoms with Crippen molar-refractivity contribution in [3.8, 4) is 16.8 Å². The highest BCUT2D eigenvalue weighted by Gasteiger charge is 2.11. The maximum atomic E-state index is 12.1. The standard InChI is InChI=1S/C22H17N3O2S2/c23-11-15-5-7-16(8-6-15)13-28-14-21(26)24-12-17-9-10-19(27-17)22-25-18-3-1-2-4-20(18)29-22/h1-10H,12-14H2,(H,24,26). The molecule has 2 aromatic carbocycles. The van der Waals surface area contributed by atoms with E-state index in [4.69, 9.17) is 9.68 Å². The van der Waals surface area contributed by atoms with Crippen molar-refractivity contribution in [3.63, 3.8) is 0 Å². The zero-order chi connectivity index (χ0) is 20.1. The molecule has 0 aliphatic heterocycles. The number of benzene rings is 2. The number of thioether (sulfide) groups is 1. The molecule has 0 saturated heterocycles. The number of furan rings is 1. The smallest absolute Gasteiger partial charge is 0.230 e. The third-order valence-electron chi connectivity index (χ3n) is 4.21. The lowest BCUT2D eigenvalue weighted by Gasteiger charge is -2.04. The van der Waals surface area contributed by atoms with Crippen molar-refractivity contribution in [2.24, 2.45) is 0 Å². The van der Waals surface area contributed by atoms with E-state index in [1.165, 1.54) is 11.8 Å². The molecule has 2 aromatic heterocycles. The van der Waals surface area contributed by atoms with E-state index in [0.717, 1.165) is 26.5 Å². The second kappa shape index (κ2) is 8.95. The van der Waals surface area contributed by atoms with E-state index >= 15 is 0 Å². The molecule has 0 aliphatic rings. The maximum Gasteiger partial charge on any atom is 0.230 e. The summed E-state index contributed by atoms with van der Waals surface area (Å²) < 4.78 is 6.96. The van der Waals surface area contributed by atoms with Crippen molar-refractivity contribution in [1.82, 2.24) is 10.3 Å². The predicted octanol–water partition coefficient (Wildman–Crippen LogP) is 4.98. The van der Waals surface area contributed by atoms with Gasteiger partial charge >= 0.3 is 0 Å². The molecule has 5 nitrogen and oxygen atoms in total. The lowest BCUT2D eigenvalue weighted by Crippen LogP contribution is -2.24. The monoisotopic (exact) mass is 419 g/mol. The van der Waals surface area contributed by atoms with Crippen molar-refractivity contribution in [2.45, 2.75) is 12.3 Å². The number of hydrogen-bond donors (Lipinski definition) is 1. The summed E-state index contributed by atoms with van der Waals surface area (Å²) in [4.78, 5) is 16.7. The minimum Gasteiger partial charge on any atom is -0.457 e. The Bertz CT molecular complexity index is 1140. The van der Waals surface area contributed by atoms with Gasteiger partial charge in [-0.25, -0.2) is 4.98 Å². The van der Waals surface area contributed by atoms with E-state index in [1.54, 1.807) is 23.5 Å². The van der Waals surface area contributed by atoms with Gasteiger partial charge in [0.25, 0.3) is 0 Å². The topological polar surface area (TPSA) is 78.9 Å². The first kappa shape index (κ1) is 19.2. The number of fused-ring (bicyclic) bond motifs is 1. The Morgan fingerprint density at radius 3 is 2.76 bits per heavy atom. The average molecular weight is 420 g/mol. The normalized spacial score (nSPS) is 10.7. The highest BCUT2D eigenvalue weighted by Crippen LogP contribution is 2.31. The second-order valence-corrected chi connectivity index (χ2v) is 8.35. The van der Waals surface area contributed by atoms with Gasteiger partial charge in [0.15, 0.2) is 10.8 Å². The van der Waals surface area contributed by atoms with Gasteiger partial charge in [-0.15, -0.1) is 23.1 Å². The van der Waals surface area contributed by atoms with Crippen LogP contribution in [0.2, 0.25) is 0 Å². The molecule has 144 valence electrons. The zero-order valence-electron chi connectivity index (χ0n) is 15.4. The van der Waals surface area contributed by atoms with Crippen LogP contribution < -0.4 is 5.32 Å². The van der Waals surface area contributed by atoms with Gasteiger partial charge in [-0.2, -0.15) is 5.26 Å². The summed E-state index contributed by atoms with van der Waals surface area (Å²) in [6.45, 7) is 0.348. The first-order valence-corrected chi connectivity index (χ1v) is 11.0. The first-order chi connectivity index (χ1) is 14.2. The summed E-state index contributed by atoms with van der Waals surface area (Å²) in [6, 6.07) is 21.2. The third kappa shape index (κ3) is 4.86. The van der Waals surface area contributed by atoms with Crippen LogP contribution in [0.25, 0.3) is 21.0 Å². The van der Waals surface area contributed by atoms with Crippen LogP contribution in [-0.4, -0.2) is 16.6 Å². The lowest BCUT2D eigenvalue weighted by molar-refractivity contribution is -0.118. The van der Waals surface area contributed by atoms with Crippen LogP contribution in [0.4, 0.5) is 0 Å². The molecule has 4 aromatic rings. The Kier molecular flexibility index (Phi) is 5.94. The summed E-state index contributed by atoms with van der Waals surface area (Å²) in [5.41, 5.74) is 2.69. The summed E-state index contributed by atoms with van der Waals surface area (Å²) in [7, 11) is 0. The minimum absolute atomic E-state index is 0.0402. The SMILES string of the molecule is N#Cc1ccc(CSCC(=O)NCc2ccc(-c3nc4ccccc4s3)o2)cc1. The van der Waals surface area contributed by atoms with Crippen LogP contribution in [0.5, 0.6) is 0 Å². The largest absolute Gasteiger partial charge is 0.457 e. The van der Waals surface area contributed by atoms with Crippen molar-refractivity contribution in [2.75, 3.05) is 5.75 Å². The molecule has 0 unspecified atom stereocenters. The molecule has 4 rings (SSSR count). The van der Waals surface area contributed by atoms with Crippen LogP contribution in [0, 0.1) is 11.3 Å². The summed E-state index contributed by atoms with van der Waals surface area (Å²) in [6.07, 6.45) is 0. The molecular weight excluding hydrogens is 402 g/mol. The molecule has 1 amide bonds. The quantitative estimate of drug-likeness (QED) is 0.457. The van der Waals surface area contributed by atoms with E-state index < -0.39 is 0 Å². The number of thiazole rings is 1. The Morgan fingerprint density at radius 2 is 1.97 bits per heavy atom. The zero-order valence-corrected chi connectivity index (χ0v) is 17.1. The Labute approximate surface area is 176 Å². The fraction of sp³-hybridized carbons (Fsp3) is 0.136. The molecule has 0 bridgehead atoms. The molecule has 29 heavy (non-hydrogen) atoms. The fourth-order valence-corrected chi connectivity index (χ4v) is 4.48. The fourth-order valence-electron chi connectivity index (χ4n) is 2.74. The summed E-state index contributed by atoms with van der Waals surface area (Å²) >= 11 is 3.12. The number of carbonyl (C=O) groups excluding carboxylic acids is 1.